The van der Waals surface area contributed by atoms with Crippen LogP contribution in [0.3, 0.4) is 0 Å². The molecule has 0 bridgehead atoms. The van der Waals surface area contributed by atoms with Crippen molar-refractivity contribution in [3.05, 3.63) is 58.6 Å². The Kier molecular flexibility index (Phi) is 7.29. The van der Waals surface area contributed by atoms with Crippen molar-refractivity contribution in [2.24, 2.45) is 0 Å². The smallest absolute Gasteiger partial charge is 0.261 e. The molecule has 0 N–H and O–H groups in total. The van der Waals surface area contributed by atoms with Crippen molar-refractivity contribution in [2.45, 2.75) is 42.3 Å². The van der Waals surface area contributed by atoms with Crippen LogP contribution in [-0.4, -0.2) is 29.0 Å². The zero-order chi connectivity index (χ0) is 20.2. The summed E-state index contributed by atoms with van der Waals surface area (Å²) in [5.74, 6) is 0. The second kappa shape index (κ2) is 8.89. The molecule has 0 aliphatic rings. The predicted octanol–water partition coefficient (Wildman–Crippen LogP) is 4.27. The van der Waals surface area contributed by atoms with Gasteiger partial charge in [-0.3, -0.25) is 8.37 Å². The molecule has 0 aliphatic heterocycles. The quantitative estimate of drug-likeness (QED) is 0.555. The van der Waals surface area contributed by atoms with Crippen molar-refractivity contribution in [2.75, 3.05) is 0 Å². The minimum atomic E-state index is -4.11. The molecule has 0 aliphatic carbocycles. The summed E-state index contributed by atoms with van der Waals surface area (Å²) < 4.78 is 59.9. The first-order chi connectivity index (χ1) is 12.5. The molecule has 27 heavy (non-hydrogen) atoms. The van der Waals surface area contributed by atoms with Crippen molar-refractivity contribution in [3.8, 4) is 0 Å². The van der Waals surface area contributed by atoms with Gasteiger partial charge in [-0.05, 0) is 61.9 Å². The maximum Gasteiger partial charge on any atom is 0.297 e. The molecule has 148 valence electrons. The lowest BCUT2D eigenvalue weighted by Crippen LogP contribution is -2.32. The van der Waals surface area contributed by atoms with Crippen LogP contribution in [0.4, 0.5) is 0 Å². The molecule has 10 heteroatoms. The van der Waals surface area contributed by atoms with Crippen LogP contribution in [0, 0.1) is 0 Å². The molecule has 0 fully saturated rings. The van der Waals surface area contributed by atoms with Gasteiger partial charge in [-0.25, -0.2) is 0 Å². The average molecular weight is 453 g/mol. The molecule has 2 aromatic carbocycles. The van der Waals surface area contributed by atoms with Gasteiger partial charge in [0.15, 0.2) is 0 Å². The summed E-state index contributed by atoms with van der Waals surface area (Å²) in [4.78, 5) is -0.174. The minimum absolute atomic E-state index is 0.0851. The lowest BCUT2D eigenvalue weighted by atomic mass is 10.2. The monoisotopic (exact) mass is 452 g/mol. The highest BCUT2D eigenvalue weighted by atomic mass is 35.5. The molecule has 0 saturated heterocycles. The number of halogens is 2. The van der Waals surface area contributed by atoms with E-state index in [9.17, 15) is 16.8 Å². The van der Waals surface area contributed by atoms with Crippen molar-refractivity contribution in [1.82, 2.24) is 0 Å². The molecule has 6 nitrogen and oxygen atoms in total. The first-order valence-corrected chi connectivity index (χ1v) is 11.5. The van der Waals surface area contributed by atoms with Crippen LogP contribution in [0.15, 0.2) is 58.3 Å². The van der Waals surface area contributed by atoms with Gasteiger partial charge in [0.05, 0.1) is 9.79 Å². The van der Waals surface area contributed by atoms with Gasteiger partial charge in [-0.2, -0.15) is 16.8 Å². The zero-order valence-electron chi connectivity index (χ0n) is 14.5. The second-order valence-corrected chi connectivity index (χ2v) is 9.68. The van der Waals surface area contributed by atoms with Gasteiger partial charge in [0.25, 0.3) is 20.2 Å². The molecule has 2 unspecified atom stereocenters. The van der Waals surface area contributed by atoms with E-state index in [1.807, 2.05) is 0 Å². The van der Waals surface area contributed by atoms with Crippen LogP contribution in [0.5, 0.6) is 0 Å². The summed E-state index contributed by atoms with van der Waals surface area (Å²) in [6, 6.07) is 10.9. The molecule has 2 aromatic rings. The number of rotatable bonds is 8. The van der Waals surface area contributed by atoms with Gasteiger partial charge in [0.1, 0.15) is 12.2 Å². The highest BCUT2D eigenvalue weighted by Gasteiger charge is 2.29. The normalized spacial score (nSPS) is 14.7. The second-order valence-electron chi connectivity index (χ2n) is 5.66. The first-order valence-electron chi connectivity index (χ1n) is 7.93. The summed E-state index contributed by atoms with van der Waals surface area (Å²) in [5.41, 5.74) is 0. The van der Waals surface area contributed by atoms with E-state index in [0.29, 0.717) is 10.0 Å². The van der Waals surface area contributed by atoms with Crippen LogP contribution in [0.1, 0.15) is 20.3 Å². The Labute approximate surface area is 169 Å². The third-order valence-corrected chi connectivity index (χ3v) is 6.92. The summed E-state index contributed by atoms with van der Waals surface area (Å²) in [7, 11) is -8.22. The molecule has 0 amide bonds. The highest BCUT2D eigenvalue weighted by Crippen LogP contribution is 2.23. The van der Waals surface area contributed by atoms with E-state index in [0.717, 1.165) is 0 Å². The number of hydrogen-bond donors (Lipinski definition) is 0. The molecular weight excluding hydrogens is 435 g/mol. The minimum Gasteiger partial charge on any atom is -0.261 e. The Balaban J connectivity index is 2.16. The van der Waals surface area contributed by atoms with Gasteiger partial charge in [-0.1, -0.05) is 30.1 Å². The van der Waals surface area contributed by atoms with Crippen LogP contribution >= 0.6 is 23.2 Å². The fourth-order valence-electron chi connectivity index (χ4n) is 2.22. The van der Waals surface area contributed by atoms with Crippen molar-refractivity contribution in [3.63, 3.8) is 0 Å². The van der Waals surface area contributed by atoms with Crippen molar-refractivity contribution >= 4 is 43.4 Å². The van der Waals surface area contributed by atoms with Gasteiger partial charge in [0, 0.05) is 10.0 Å². The Hall–Kier alpha value is -1.16. The van der Waals surface area contributed by atoms with Crippen molar-refractivity contribution in [1.29, 1.82) is 0 Å². The molecule has 2 rings (SSSR count). The first kappa shape index (κ1) is 22.1. The highest BCUT2D eigenvalue weighted by molar-refractivity contribution is 7.87. The van der Waals surface area contributed by atoms with E-state index in [2.05, 4.69) is 0 Å². The summed E-state index contributed by atoms with van der Waals surface area (Å²) >= 11 is 11.5. The number of benzene rings is 2. The molecule has 0 saturated carbocycles. The molecule has 0 spiro atoms. The molecule has 0 heterocycles. The van der Waals surface area contributed by atoms with Gasteiger partial charge < -0.3 is 0 Å². The Morgan fingerprint density at radius 2 is 1.15 bits per heavy atom. The van der Waals surface area contributed by atoms with E-state index in [-0.39, 0.29) is 16.2 Å². The Morgan fingerprint density at radius 3 is 1.52 bits per heavy atom. The third-order valence-electron chi connectivity index (χ3n) is 3.66. The maximum absolute atomic E-state index is 12.4. The van der Waals surface area contributed by atoms with Crippen molar-refractivity contribution < 1.29 is 25.2 Å². The van der Waals surface area contributed by atoms with Crippen LogP contribution < -0.4 is 0 Å². The molecule has 0 aromatic heterocycles. The van der Waals surface area contributed by atoms with Gasteiger partial charge in [0.2, 0.25) is 0 Å². The summed E-state index contributed by atoms with van der Waals surface area (Å²) in [5, 5.41) is 0.762. The lowest BCUT2D eigenvalue weighted by Gasteiger charge is -2.22. The maximum atomic E-state index is 12.4. The Morgan fingerprint density at radius 1 is 0.778 bits per heavy atom. The largest absolute Gasteiger partial charge is 0.297 e. The summed E-state index contributed by atoms with van der Waals surface area (Å²) in [6.45, 7) is 3.09. The lowest BCUT2D eigenvalue weighted by molar-refractivity contribution is 0.0720. The summed E-state index contributed by atoms with van der Waals surface area (Å²) in [6.07, 6.45) is -1.84. The molecule has 2 atom stereocenters. The fraction of sp³-hybridized carbons (Fsp3) is 0.294. The van der Waals surface area contributed by atoms with Crippen LogP contribution in [0.25, 0.3) is 0 Å². The van der Waals surface area contributed by atoms with Gasteiger partial charge in [-0.15, -0.1) is 0 Å². The third kappa shape index (κ3) is 5.91. The standard InChI is InChI=1S/C17H18Cl2O6S2/c1-3-17(25-27(22,23)16-10-6-14(19)7-11-16)12(2)24-26(20,21)15-8-4-13(18)5-9-15/h4-12,17H,3H2,1-2H3. The van der Waals surface area contributed by atoms with Crippen LogP contribution in [-0.2, 0) is 28.6 Å². The van der Waals surface area contributed by atoms with E-state index in [1.54, 1.807) is 6.92 Å². The topological polar surface area (TPSA) is 86.7 Å². The molecular formula is C17H18Cl2O6S2. The molecule has 0 radical (unpaired) electrons. The van der Waals surface area contributed by atoms with E-state index < -0.39 is 32.4 Å². The van der Waals surface area contributed by atoms with Gasteiger partial charge >= 0.3 is 0 Å². The SMILES string of the molecule is CCC(OS(=O)(=O)c1ccc(Cl)cc1)C(C)OS(=O)(=O)c1ccc(Cl)cc1. The average Bonchev–Trinajstić information content (AvgIpc) is 2.60. The van der Waals surface area contributed by atoms with E-state index in [4.69, 9.17) is 31.6 Å². The van der Waals surface area contributed by atoms with Crippen LogP contribution in [0.2, 0.25) is 10.0 Å². The predicted molar refractivity (Wildman–Crippen MR) is 103 cm³/mol. The zero-order valence-corrected chi connectivity index (χ0v) is 17.6. The van der Waals surface area contributed by atoms with E-state index >= 15 is 0 Å². The fourth-order valence-corrected chi connectivity index (χ4v) is 4.77. The number of hydrogen-bond acceptors (Lipinski definition) is 6. The van der Waals surface area contributed by atoms with E-state index in [1.165, 1.54) is 55.5 Å². The Bertz CT molecular complexity index is 971.